The van der Waals surface area contributed by atoms with E-state index >= 15 is 0 Å². The van der Waals surface area contributed by atoms with Gasteiger partial charge in [-0.05, 0) is 6.07 Å². The first kappa shape index (κ1) is 10.7. The molecule has 0 radical (unpaired) electrons. The molecule has 3 N–H and O–H groups in total. The zero-order chi connectivity index (χ0) is 11.8. The van der Waals surface area contributed by atoms with Crippen LogP contribution in [0.5, 0.6) is 0 Å². The molecule has 1 fully saturated rings. The Kier molecular flexibility index (Phi) is 2.57. The van der Waals surface area contributed by atoms with Crippen LogP contribution in [0.1, 0.15) is 10.9 Å². The van der Waals surface area contributed by atoms with Crippen LogP contribution in [0.15, 0.2) is 30.5 Å². The standard InChI is InChI=1S/C12H12N2O2S/c15-12(16)10-6-17-11(14-10)8-5-13-9-4-2-1-3-7(8)9/h1-5,10-11,13-14H,6H2,(H,15,16). The van der Waals surface area contributed by atoms with E-state index in [1.54, 1.807) is 11.8 Å². The van der Waals surface area contributed by atoms with Crippen molar-refractivity contribution in [3.63, 3.8) is 0 Å². The average Bonchev–Trinajstić information content (AvgIpc) is 2.95. The van der Waals surface area contributed by atoms with Crippen molar-refractivity contribution in [1.82, 2.24) is 10.3 Å². The van der Waals surface area contributed by atoms with Crippen molar-refractivity contribution < 1.29 is 9.90 Å². The third-order valence-corrected chi connectivity index (χ3v) is 4.23. The fourth-order valence-corrected chi connectivity index (χ4v) is 3.36. The quantitative estimate of drug-likeness (QED) is 0.760. The Labute approximate surface area is 102 Å². The van der Waals surface area contributed by atoms with Gasteiger partial charge in [0.05, 0.1) is 5.37 Å². The van der Waals surface area contributed by atoms with E-state index in [4.69, 9.17) is 5.11 Å². The molecule has 1 aromatic carbocycles. The first-order chi connectivity index (χ1) is 8.25. The molecule has 3 rings (SSSR count). The second kappa shape index (κ2) is 4.09. The number of aromatic amines is 1. The predicted molar refractivity (Wildman–Crippen MR) is 68.1 cm³/mol. The molecule has 0 bridgehead atoms. The van der Waals surface area contributed by atoms with Crippen molar-refractivity contribution in [3.8, 4) is 0 Å². The summed E-state index contributed by atoms with van der Waals surface area (Å²) < 4.78 is 0. The Hall–Kier alpha value is -1.46. The summed E-state index contributed by atoms with van der Waals surface area (Å²) in [7, 11) is 0. The van der Waals surface area contributed by atoms with Crippen LogP contribution in [0.25, 0.3) is 10.9 Å². The van der Waals surface area contributed by atoms with E-state index in [9.17, 15) is 4.79 Å². The first-order valence-electron chi connectivity index (χ1n) is 5.42. The van der Waals surface area contributed by atoms with Crippen LogP contribution in [-0.4, -0.2) is 27.9 Å². The minimum absolute atomic E-state index is 0.0623. The van der Waals surface area contributed by atoms with Crippen LogP contribution in [0.4, 0.5) is 0 Å². The summed E-state index contributed by atoms with van der Waals surface area (Å²) >= 11 is 1.64. The normalized spacial score (nSPS) is 24.2. The van der Waals surface area contributed by atoms with Crippen LogP contribution in [0.3, 0.4) is 0 Å². The highest BCUT2D eigenvalue weighted by molar-refractivity contribution is 7.99. The molecule has 0 amide bonds. The molecule has 2 heterocycles. The number of rotatable bonds is 2. The summed E-state index contributed by atoms with van der Waals surface area (Å²) in [5.74, 6) is -0.167. The number of carbonyl (C=O) groups is 1. The minimum Gasteiger partial charge on any atom is -0.480 e. The molecule has 17 heavy (non-hydrogen) atoms. The molecule has 1 aliphatic rings. The van der Waals surface area contributed by atoms with E-state index in [1.165, 1.54) is 0 Å². The molecule has 1 aliphatic heterocycles. The van der Waals surface area contributed by atoms with Gasteiger partial charge in [-0.25, -0.2) is 0 Å². The zero-order valence-corrected chi connectivity index (χ0v) is 9.83. The van der Waals surface area contributed by atoms with Gasteiger partial charge in [0, 0.05) is 28.4 Å². The Morgan fingerprint density at radius 2 is 2.24 bits per heavy atom. The van der Waals surface area contributed by atoms with E-state index in [2.05, 4.69) is 16.4 Å². The Morgan fingerprint density at radius 3 is 3.00 bits per heavy atom. The van der Waals surface area contributed by atoms with Crippen LogP contribution in [-0.2, 0) is 4.79 Å². The van der Waals surface area contributed by atoms with E-state index in [-0.39, 0.29) is 5.37 Å². The maximum absolute atomic E-state index is 10.9. The first-order valence-corrected chi connectivity index (χ1v) is 6.47. The largest absolute Gasteiger partial charge is 0.480 e. The summed E-state index contributed by atoms with van der Waals surface area (Å²) in [5.41, 5.74) is 2.22. The highest BCUT2D eigenvalue weighted by Crippen LogP contribution is 2.36. The van der Waals surface area contributed by atoms with Crippen molar-refractivity contribution in [1.29, 1.82) is 0 Å². The number of aliphatic carboxylic acids is 1. The topological polar surface area (TPSA) is 65.1 Å². The van der Waals surface area contributed by atoms with Gasteiger partial charge in [-0.15, -0.1) is 11.8 Å². The zero-order valence-electron chi connectivity index (χ0n) is 9.01. The molecule has 0 spiro atoms. The van der Waals surface area contributed by atoms with Crippen molar-refractivity contribution in [2.45, 2.75) is 11.4 Å². The SMILES string of the molecule is O=C(O)C1CSC(c2c[nH]c3ccccc23)N1. The molecule has 2 atom stereocenters. The number of thioether (sulfide) groups is 1. The summed E-state index contributed by atoms with van der Waals surface area (Å²) in [6.07, 6.45) is 1.96. The Balaban J connectivity index is 1.93. The van der Waals surface area contributed by atoms with E-state index < -0.39 is 12.0 Å². The molecular weight excluding hydrogens is 236 g/mol. The molecule has 5 heteroatoms. The fraction of sp³-hybridized carbons (Fsp3) is 0.250. The van der Waals surface area contributed by atoms with E-state index in [0.717, 1.165) is 16.5 Å². The number of carboxylic acid groups (broad SMARTS) is 1. The molecule has 1 saturated heterocycles. The third-order valence-electron chi connectivity index (χ3n) is 2.98. The van der Waals surface area contributed by atoms with Gasteiger partial charge in [-0.2, -0.15) is 0 Å². The number of hydrogen-bond acceptors (Lipinski definition) is 3. The lowest BCUT2D eigenvalue weighted by Crippen LogP contribution is -2.33. The third kappa shape index (κ3) is 1.81. The van der Waals surface area contributed by atoms with Crippen LogP contribution < -0.4 is 5.32 Å². The minimum atomic E-state index is -0.778. The summed E-state index contributed by atoms with van der Waals surface area (Å²) in [4.78, 5) is 14.1. The van der Waals surface area contributed by atoms with Gasteiger partial charge >= 0.3 is 5.97 Å². The lowest BCUT2D eigenvalue weighted by Gasteiger charge is -2.09. The van der Waals surface area contributed by atoms with Gasteiger partial charge in [0.25, 0.3) is 0 Å². The molecular formula is C12H12N2O2S. The number of aromatic nitrogens is 1. The van der Waals surface area contributed by atoms with Gasteiger partial charge in [-0.1, -0.05) is 18.2 Å². The second-order valence-corrected chi connectivity index (χ2v) is 5.20. The molecule has 0 aliphatic carbocycles. The van der Waals surface area contributed by atoms with Crippen molar-refractivity contribution in [3.05, 3.63) is 36.0 Å². The highest BCUT2D eigenvalue weighted by atomic mass is 32.2. The lowest BCUT2D eigenvalue weighted by molar-refractivity contribution is -0.138. The number of hydrogen-bond donors (Lipinski definition) is 3. The second-order valence-electron chi connectivity index (χ2n) is 4.06. The van der Waals surface area contributed by atoms with Crippen molar-refractivity contribution in [2.75, 3.05) is 5.75 Å². The van der Waals surface area contributed by atoms with Crippen LogP contribution in [0, 0.1) is 0 Å². The van der Waals surface area contributed by atoms with Gasteiger partial charge < -0.3 is 10.1 Å². The highest BCUT2D eigenvalue weighted by Gasteiger charge is 2.31. The lowest BCUT2D eigenvalue weighted by atomic mass is 10.1. The number of para-hydroxylation sites is 1. The average molecular weight is 248 g/mol. The predicted octanol–water partition coefficient (Wildman–Crippen LogP) is 1.96. The molecule has 4 nitrogen and oxygen atoms in total. The molecule has 2 unspecified atom stereocenters. The van der Waals surface area contributed by atoms with Gasteiger partial charge in [0.2, 0.25) is 0 Å². The Bertz CT molecular complexity index is 566. The van der Waals surface area contributed by atoms with E-state index in [0.29, 0.717) is 5.75 Å². The number of H-pyrrole nitrogens is 1. The molecule has 2 aromatic rings. The number of fused-ring (bicyclic) bond motifs is 1. The van der Waals surface area contributed by atoms with Gasteiger partial charge in [0.1, 0.15) is 6.04 Å². The molecule has 88 valence electrons. The fourth-order valence-electron chi connectivity index (χ4n) is 2.10. The number of benzene rings is 1. The summed E-state index contributed by atoms with van der Waals surface area (Å²) in [6, 6.07) is 7.61. The van der Waals surface area contributed by atoms with Crippen LogP contribution >= 0.6 is 11.8 Å². The maximum Gasteiger partial charge on any atom is 0.321 e. The molecule has 0 saturated carbocycles. The van der Waals surface area contributed by atoms with Crippen molar-refractivity contribution in [2.24, 2.45) is 0 Å². The van der Waals surface area contributed by atoms with Crippen LogP contribution in [0.2, 0.25) is 0 Å². The van der Waals surface area contributed by atoms with Gasteiger partial charge in [-0.3, -0.25) is 10.1 Å². The van der Waals surface area contributed by atoms with Gasteiger partial charge in [0.15, 0.2) is 0 Å². The monoisotopic (exact) mass is 248 g/mol. The van der Waals surface area contributed by atoms with E-state index in [1.807, 2.05) is 24.4 Å². The number of nitrogens with one attached hydrogen (secondary N) is 2. The maximum atomic E-state index is 10.9. The Morgan fingerprint density at radius 1 is 1.41 bits per heavy atom. The smallest absolute Gasteiger partial charge is 0.321 e. The summed E-state index contributed by atoms with van der Waals surface area (Å²) in [5, 5.41) is 13.3. The van der Waals surface area contributed by atoms with Crippen molar-refractivity contribution >= 4 is 28.6 Å². The summed E-state index contributed by atoms with van der Waals surface area (Å²) in [6.45, 7) is 0. The molecule has 1 aromatic heterocycles. The number of carboxylic acids is 1.